The van der Waals surface area contributed by atoms with Crippen LogP contribution >= 0.6 is 11.6 Å². The highest BCUT2D eigenvalue weighted by molar-refractivity contribution is 7.89. The Bertz CT molecular complexity index is 911. The lowest BCUT2D eigenvalue weighted by Crippen LogP contribution is -2.38. The number of halogens is 1. The summed E-state index contributed by atoms with van der Waals surface area (Å²) in [4.78, 5) is 0.0847. The highest BCUT2D eigenvalue weighted by Gasteiger charge is 2.29. The van der Waals surface area contributed by atoms with E-state index in [2.05, 4.69) is 4.72 Å². The van der Waals surface area contributed by atoms with Crippen LogP contribution in [0.1, 0.15) is 18.1 Å². The standard InChI is InChI=1S/C17H18ClNO5S/c1-11-13(18)4-3-5-16(11)25(21,22)19-9-17(2,20)12-6-7-14-15(8-12)24-10-23-14/h3-8,19-20H,9-10H2,1-2H3/t17-/m1/s1. The fraction of sp³-hybridized carbons (Fsp3) is 0.294. The van der Waals surface area contributed by atoms with E-state index in [9.17, 15) is 13.5 Å². The summed E-state index contributed by atoms with van der Waals surface area (Å²) in [5.41, 5.74) is -0.456. The number of hydrogen-bond donors (Lipinski definition) is 2. The largest absolute Gasteiger partial charge is 0.454 e. The number of sulfonamides is 1. The van der Waals surface area contributed by atoms with Gasteiger partial charge in [0.1, 0.15) is 5.60 Å². The Morgan fingerprint density at radius 1 is 1.24 bits per heavy atom. The summed E-state index contributed by atoms with van der Waals surface area (Å²) in [6.07, 6.45) is 0. The summed E-state index contributed by atoms with van der Waals surface area (Å²) in [7, 11) is -3.82. The van der Waals surface area contributed by atoms with E-state index >= 15 is 0 Å². The second-order valence-corrected chi connectivity index (χ2v) is 8.17. The number of hydrogen-bond acceptors (Lipinski definition) is 5. The molecule has 2 aromatic rings. The first-order valence-electron chi connectivity index (χ1n) is 7.58. The summed E-state index contributed by atoms with van der Waals surface area (Å²) >= 11 is 5.99. The Morgan fingerprint density at radius 2 is 1.96 bits per heavy atom. The molecular weight excluding hydrogens is 366 g/mol. The van der Waals surface area contributed by atoms with Gasteiger partial charge in [-0.2, -0.15) is 0 Å². The molecule has 0 radical (unpaired) electrons. The van der Waals surface area contributed by atoms with Gasteiger partial charge >= 0.3 is 0 Å². The van der Waals surface area contributed by atoms with E-state index < -0.39 is 15.6 Å². The van der Waals surface area contributed by atoms with Gasteiger partial charge in [0.05, 0.1) is 4.90 Å². The topological polar surface area (TPSA) is 84.9 Å². The van der Waals surface area contributed by atoms with Gasteiger partial charge in [0, 0.05) is 11.6 Å². The summed E-state index contributed by atoms with van der Waals surface area (Å²) in [5, 5.41) is 11.1. The van der Waals surface area contributed by atoms with Crippen LogP contribution in [0.4, 0.5) is 0 Å². The number of fused-ring (bicyclic) bond motifs is 1. The minimum absolute atomic E-state index is 0.0847. The van der Waals surface area contributed by atoms with E-state index in [1.807, 2.05) is 0 Å². The average Bonchev–Trinajstić information content (AvgIpc) is 3.03. The predicted octanol–water partition coefficient (Wildman–Crippen LogP) is 2.56. The number of ether oxygens (including phenoxy) is 2. The Morgan fingerprint density at radius 3 is 2.72 bits per heavy atom. The maximum absolute atomic E-state index is 12.5. The second-order valence-electron chi connectivity index (χ2n) is 6.03. The Balaban J connectivity index is 1.80. The van der Waals surface area contributed by atoms with Crippen LogP contribution in [0.15, 0.2) is 41.3 Å². The van der Waals surface area contributed by atoms with Crippen LogP contribution in [0, 0.1) is 6.92 Å². The second kappa shape index (κ2) is 6.49. The van der Waals surface area contributed by atoms with Gasteiger partial charge in [0.25, 0.3) is 0 Å². The van der Waals surface area contributed by atoms with Gasteiger partial charge in [0.15, 0.2) is 11.5 Å². The normalized spacial score (nSPS) is 15.8. The zero-order valence-corrected chi connectivity index (χ0v) is 15.3. The van der Waals surface area contributed by atoms with Gasteiger partial charge in [-0.25, -0.2) is 13.1 Å². The van der Waals surface area contributed by atoms with Gasteiger partial charge in [0.2, 0.25) is 16.8 Å². The molecule has 0 saturated heterocycles. The summed E-state index contributed by atoms with van der Waals surface area (Å²) in [6, 6.07) is 9.66. The zero-order chi connectivity index (χ0) is 18.2. The molecule has 0 unspecified atom stereocenters. The van der Waals surface area contributed by atoms with Crippen molar-refractivity contribution in [1.82, 2.24) is 4.72 Å². The first-order chi connectivity index (χ1) is 11.7. The van der Waals surface area contributed by atoms with E-state index in [1.165, 1.54) is 13.0 Å². The smallest absolute Gasteiger partial charge is 0.240 e. The molecule has 1 atom stereocenters. The quantitative estimate of drug-likeness (QED) is 0.828. The molecule has 2 N–H and O–H groups in total. The number of nitrogens with one attached hydrogen (secondary N) is 1. The molecule has 1 heterocycles. The summed E-state index contributed by atoms with van der Waals surface area (Å²) in [6.45, 7) is 3.08. The number of aliphatic hydroxyl groups is 1. The number of rotatable bonds is 5. The summed E-state index contributed by atoms with van der Waals surface area (Å²) < 4.78 is 38.1. The molecule has 1 aliphatic rings. The molecule has 25 heavy (non-hydrogen) atoms. The lowest BCUT2D eigenvalue weighted by molar-refractivity contribution is 0.0625. The van der Waals surface area contributed by atoms with Crippen molar-refractivity contribution in [2.45, 2.75) is 24.3 Å². The van der Waals surface area contributed by atoms with Crippen LogP contribution in [0.2, 0.25) is 5.02 Å². The van der Waals surface area contributed by atoms with Crippen LogP contribution in [-0.4, -0.2) is 26.9 Å². The van der Waals surface area contributed by atoms with Crippen LogP contribution in [-0.2, 0) is 15.6 Å². The van der Waals surface area contributed by atoms with Gasteiger partial charge < -0.3 is 14.6 Å². The van der Waals surface area contributed by atoms with E-state index in [-0.39, 0.29) is 18.2 Å². The Kier molecular flexibility index (Phi) is 4.68. The lowest BCUT2D eigenvalue weighted by Gasteiger charge is -2.24. The van der Waals surface area contributed by atoms with Crippen LogP contribution in [0.25, 0.3) is 0 Å². The third kappa shape index (κ3) is 3.59. The van der Waals surface area contributed by atoms with Crippen molar-refractivity contribution in [3.05, 3.63) is 52.5 Å². The first-order valence-corrected chi connectivity index (χ1v) is 9.44. The average molecular weight is 384 g/mol. The van der Waals surface area contributed by atoms with Gasteiger partial charge in [-0.1, -0.05) is 23.7 Å². The molecule has 0 amide bonds. The van der Waals surface area contributed by atoms with Crippen molar-refractivity contribution in [3.63, 3.8) is 0 Å². The maximum Gasteiger partial charge on any atom is 0.240 e. The van der Waals surface area contributed by atoms with E-state index in [0.29, 0.717) is 27.6 Å². The molecule has 0 saturated carbocycles. The molecule has 2 aromatic carbocycles. The van der Waals surface area contributed by atoms with Crippen molar-refractivity contribution >= 4 is 21.6 Å². The Hall–Kier alpha value is -1.80. The fourth-order valence-corrected chi connectivity index (χ4v) is 4.15. The van der Waals surface area contributed by atoms with Gasteiger partial charge in [-0.05, 0) is 49.2 Å². The number of benzene rings is 2. The molecule has 0 bridgehead atoms. The molecule has 8 heteroatoms. The summed E-state index contributed by atoms with van der Waals surface area (Å²) in [5.74, 6) is 1.11. The monoisotopic (exact) mass is 383 g/mol. The van der Waals surface area contributed by atoms with Crippen LogP contribution < -0.4 is 14.2 Å². The van der Waals surface area contributed by atoms with Crippen LogP contribution in [0.5, 0.6) is 11.5 Å². The molecule has 0 spiro atoms. The predicted molar refractivity (Wildman–Crippen MR) is 93.5 cm³/mol. The van der Waals surface area contributed by atoms with Crippen molar-refractivity contribution in [2.75, 3.05) is 13.3 Å². The molecule has 0 aromatic heterocycles. The third-order valence-corrected chi connectivity index (χ3v) is 6.06. The minimum Gasteiger partial charge on any atom is -0.454 e. The molecule has 0 aliphatic carbocycles. The van der Waals surface area contributed by atoms with Gasteiger partial charge in [-0.3, -0.25) is 0 Å². The molecule has 134 valence electrons. The molecule has 3 rings (SSSR count). The van der Waals surface area contributed by atoms with Crippen molar-refractivity contribution in [3.8, 4) is 11.5 Å². The van der Waals surface area contributed by atoms with E-state index in [1.54, 1.807) is 37.3 Å². The van der Waals surface area contributed by atoms with Crippen molar-refractivity contribution < 1.29 is 23.0 Å². The molecular formula is C17H18ClNO5S. The van der Waals surface area contributed by atoms with Crippen molar-refractivity contribution in [2.24, 2.45) is 0 Å². The van der Waals surface area contributed by atoms with Gasteiger partial charge in [-0.15, -0.1) is 0 Å². The van der Waals surface area contributed by atoms with Crippen molar-refractivity contribution in [1.29, 1.82) is 0 Å². The molecule has 6 nitrogen and oxygen atoms in total. The third-order valence-electron chi connectivity index (χ3n) is 4.11. The Labute approximate surface area is 151 Å². The SMILES string of the molecule is Cc1c(Cl)cccc1S(=O)(=O)NC[C@@](C)(O)c1ccc2c(c1)OCO2. The minimum atomic E-state index is -3.82. The highest BCUT2D eigenvalue weighted by Crippen LogP contribution is 2.35. The first kappa shape index (κ1) is 18.0. The maximum atomic E-state index is 12.5. The lowest BCUT2D eigenvalue weighted by atomic mass is 9.96. The van der Waals surface area contributed by atoms with E-state index in [0.717, 1.165) is 0 Å². The van der Waals surface area contributed by atoms with E-state index in [4.69, 9.17) is 21.1 Å². The molecule has 1 aliphatic heterocycles. The highest BCUT2D eigenvalue weighted by atomic mass is 35.5. The zero-order valence-electron chi connectivity index (χ0n) is 13.7. The fourth-order valence-electron chi connectivity index (χ4n) is 2.53. The molecule has 0 fully saturated rings. The van der Waals surface area contributed by atoms with Crippen LogP contribution in [0.3, 0.4) is 0 Å².